The number of aromatic nitrogens is 2. The first-order chi connectivity index (χ1) is 12.9. The highest BCUT2D eigenvalue weighted by Crippen LogP contribution is 2.39. The van der Waals surface area contributed by atoms with Gasteiger partial charge in [0.2, 0.25) is 0 Å². The fourth-order valence-corrected chi connectivity index (χ4v) is 4.27. The number of ether oxygens (including phenoxy) is 1. The van der Waals surface area contributed by atoms with E-state index in [-0.39, 0.29) is 12.2 Å². The summed E-state index contributed by atoms with van der Waals surface area (Å²) in [6.45, 7) is 3.78. The number of hydrogen-bond donors (Lipinski definition) is 1. The topological polar surface area (TPSA) is 81.4 Å². The molecule has 2 aliphatic rings. The van der Waals surface area contributed by atoms with Gasteiger partial charge in [0.1, 0.15) is 6.61 Å². The summed E-state index contributed by atoms with van der Waals surface area (Å²) in [5.41, 5.74) is 3.05. The largest absolute Gasteiger partial charge is 0.458 e. The maximum Gasteiger partial charge on any atom is 0.342 e. The zero-order valence-electron chi connectivity index (χ0n) is 15.1. The second-order valence-electron chi connectivity index (χ2n) is 7.25. The van der Waals surface area contributed by atoms with Crippen LogP contribution in [0.5, 0.6) is 0 Å². The molecule has 2 aliphatic heterocycles. The van der Waals surface area contributed by atoms with Crippen molar-refractivity contribution in [2.75, 3.05) is 0 Å². The zero-order chi connectivity index (χ0) is 18.9. The van der Waals surface area contributed by atoms with Crippen molar-refractivity contribution in [2.24, 2.45) is 0 Å². The number of para-hydroxylation sites is 1. The Hall–Kier alpha value is -2.99. The molecule has 3 aromatic rings. The molecule has 1 N–H and O–H groups in total. The van der Waals surface area contributed by atoms with Crippen molar-refractivity contribution in [2.45, 2.75) is 39.0 Å². The third-order valence-corrected chi connectivity index (χ3v) is 5.69. The van der Waals surface area contributed by atoms with E-state index in [0.29, 0.717) is 23.4 Å². The average molecular weight is 362 g/mol. The molecule has 1 aromatic carbocycles. The summed E-state index contributed by atoms with van der Waals surface area (Å²) < 4.78 is 6.70. The molecule has 0 bridgehead atoms. The number of aliphatic hydroxyl groups is 1. The van der Waals surface area contributed by atoms with Crippen LogP contribution in [-0.4, -0.2) is 20.6 Å². The molecular formula is C21H18N2O4. The first kappa shape index (κ1) is 16.2. The molecule has 136 valence electrons. The number of fused-ring (bicyclic) bond motifs is 5. The van der Waals surface area contributed by atoms with E-state index in [1.165, 1.54) is 12.5 Å². The minimum Gasteiger partial charge on any atom is -0.458 e. The van der Waals surface area contributed by atoms with Crippen molar-refractivity contribution < 1.29 is 14.6 Å². The molecule has 0 fully saturated rings. The van der Waals surface area contributed by atoms with Crippen LogP contribution in [0.1, 0.15) is 36.1 Å². The van der Waals surface area contributed by atoms with E-state index in [2.05, 4.69) is 13.0 Å². The van der Waals surface area contributed by atoms with Crippen molar-refractivity contribution in [3.8, 4) is 11.4 Å². The number of benzene rings is 1. The number of esters is 1. The Balaban J connectivity index is 1.85. The molecule has 0 saturated carbocycles. The molecule has 6 heteroatoms. The smallest absolute Gasteiger partial charge is 0.342 e. The first-order valence-electron chi connectivity index (χ1n) is 9.01. The second kappa shape index (κ2) is 5.27. The van der Waals surface area contributed by atoms with E-state index in [9.17, 15) is 14.7 Å². The lowest BCUT2D eigenvalue weighted by Crippen LogP contribution is -2.42. The Morgan fingerprint density at radius 1 is 1.26 bits per heavy atom. The molecule has 0 unspecified atom stereocenters. The van der Waals surface area contributed by atoms with Crippen molar-refractivity contribution in [3.05, 3.63) is 62.9 Å². The molecule has 1 atom stereocenters. The molecule has 27 heavy (non-hydrogen) atoms. The summed E-state index contributed by atoms with van der Waals surface area (Å²) in [4.78, 5) is 29.9. The highest BCUT2D eigenvalue weighted by molar-refractivity contribution is 5.88. The third kappa shape index (κ3) is 2.01. The number of carbonyl (C=O) groups is 1. The van der Waals surface area contributed by atoms with Crippen molar-refractivity contribution in [3.63, 3.8) is 0 Å². The van der Waals surface area contributed by atoms with E-state index in [1.807, 2.05) is 18.2 Å². The van der Waals surface area contributed by atoms with Crippen LogP contribution < -0.4 is 5.56 Å². The van der Waals surface area contributed by atoms with Gasteiger partial charge in [0, 0.05) is 16.5 Å². The number of hydrogen-bond acceptors (Lipinski definition) is 5. The van der Waals surface area contributed by atoms with Gasteiger partial charge in [-0.15, -0.1) is 0 Å². The van der Waals surface area contributed by atoms with Gasteiger partial charge in [0.05, 0.1) is 29.0 Å². The Kier molecular flexibility index (Phi) is 3.16. The normalized spacial score (nSPS) is 20.2. The summed E-state index contributed by atoms with van der Waals surface area (Å²) in [7, 11) is 0. The summed E-state index contributed by atoms with van der Waals surface area (Å²) in [5, 5.41) is 11.7. The van der Waals surface area contributed by atoms with Crippen molar-refractivity contribution >= 4 is 16.9 Å². The van der Waals surface area contributed by atoms with Gasteiger partial charge >= 0.3 is 5.97 Å². The number of aryl methyl sites for hydroxylation is 1. The van der Waals surface area contributed by atoms with Gasteiger partial charge in [0.25, 0.3) is 5.56 Å². The van der Waals surface area contributed by atoms with E-state index >= 15 is 0 Å². The predicted octanol–water partition coefficient (Wildman–Crippen LogP) is 2.25. The fraction of sp³-hybridized carbons (Fsp3) is 0.286. The molecule has 0 saturated heterocycles. The highest BCUT2D eigenvalue weighted by atomic mass is 16.6. The Morgan fingerprint density at radius 2 is 2.04 bits per heavy atom. The van der Waals surface area contributed by atoms with Gasteiger partial charge in [0.15, 0.2) is 5.60 Å². The van der Waals surface area contributed by atoms with E-state index in [0.717, 1.165) is 28.6 Å². The lowest BCUT2D eigenvalue weighted by molar-refractivity contribution is -0.169. The first-order valence-corrected chi connectivity index (χ1v) is 9.01. The summed E-state index contributed by atoms with van der Waals surface area (Å²) >= 11 is 0. The maximum atomic E-state index is 13.1. The SMILES string of the molecule is CCc1c2c(nc3ccccc13)-c1cc3c(c(=O)n1C2)COC(=O)[C@@]3(C)O. The van der Waals surface area contributed by atoms with E-state index in [1.54, 1.807) is 10.6 Å². The van der Waals surface area contributed by atoms with Gasteiger partial charge in [-0.3, -0.25) is 4.79 Å². The van der Waals surface area contributed by atoms with Crippen molar-refractivity contribution in [1.29, 1.82) is 0 Å². The molecule has 2 aromatic heterocycles. The molecule has 4 heterocycles. The summed E-state index contributed by atoms with van der Waals surface area (Å²) in [5.74, 6) is -0.738. The van der Waals surface area contributed by atoms with Crippen LogP contribution in [0.25, 0.3) is 22.3 Å². The molecule has 0 aliphatic carbocycles. The molecule has 5 rings (SSSR count). The van der Waals surface area contributed by atoms with E-state index in [4.69, 9.17) is 9.72 Å². The lowest BCUT2D eigenvalue weighted by Gasteiger charge is -2.29. The summed E-state index contributed by atoms with van der Waals surface area (Å²) in [6.07, 6.45) is 0.827. The second-order valence-corrected chi connectivity index (χ2v) is 7.25. The van der Waals surface area contributed by atoms with Crippen LogP contribution in [-0.2, 0) is 34.7 Å². The lowest BCUT2D eigenvalue weighted by atomic mass is 9.89. The van der Waals surface area contributed by atoms with Crippen LogP contribution in [0.4, 0.5) is 0 Å². The monoisotopic (exact) mass is 362 g/mol. The van der Waals surface area contributed by atoms with Crippen LogP contribution >= 0.6 is 0 Å². The quantitative estimate of drug-likeness (QED) is 0.525. The highest BCUT2D eigenvalue weighted by Gasteiger charge is 2.43. The van der Waals surface area contributed by atoms with Crippen molar-refractivity contribution in [1.82, 2.24) is 9.55 Å². The number of rotatable bonds is 1. The Morgan fingerprint density at radius 3 is 2.81 bits per heavy atom. The van der Waals surface area contributed by atoms with Gasteiger partial charge in [-0.1, -0.05) is 25.1 Å². The number of pyridine rings is 2. The summed E-state index contributed by atoms with van der Waals surface area (Å²) in [6, 6.07) is 9.67. The van der Waals surface area contributed by atoms with Crippen LogP contribution in [0.2, 0.25) is 0 Å². The van der Waals surface area contributed by atoms with Gasteiger partial charge in [-0.05, 0) is 31.0 Å². The third-order valence-electron chi connectivity index (χ3n) is 5.69. The van der Waals surface area contributed by atoms with Crippen LogP contribution in [0.3, 0.4) is 0 Å². The molecular weight excluding hydrogens is 344 g/mol. The Labute approximate surface area is 155 Å². The maximum absolute atomic E-state index is 13.1. The van der Waals surface area contributed by atoms with Gasteiger partial charge in [-0.25, -0.2) is 9.78 Å². The van der Waals surface area contributed by atoms with Gasteiger partial charge in [-0.2, -0.15) is 0 Å². The Bertz CT molecular complexity index is 1210. The minimum absolute atomic E-state index is 0.115. The number of carbonyl (C=O) groups excluding carboxylic acids is 1. The predicted molar refractivity (Wildman–Crippen MR) is 99.3 cm³/mol. The standard InChI is InChI=1S/C21H18N2O4/c1-3-11-12-6-4-5-7-16(12)22-18-13(11)9-23-17(18)8-15-14(19(23)24)10-27-20(25)21(15,2)26/h4-8,26H,3,9-10H2,1-2H3/t21-/m0/s1. The number of nitrogens with zero attached hydrogens (tertiary/aromatic N) is 2. The zero-order valence-corrected chi connectivity index (χ0v) is 15.1. The van der Waals surface area contributed by atoms with Crippen LogP contribution in [0, 0.1) is 0 Å². The molecule has 0 radical (unpaired) electrons. The van der Waals surface area contributed by atoms with Gasteiger partial charge < -0.3 is 14.4 Å². The minimum atomic E-state index is -1.84. The van der Waals surface area contributed by atoms with E-state index < -0.39 is 11.6 Å². The fourth-order valence-electron chi connectivity index (χ4n) is 4.27. The molecule has 0 amide bonds. The number of cyclic esters (lactones) is 1. The molecule has 6 nitrogen and oxygen atoms in total. The molecule has 0 spiro atoms. The van der Waals surface area contributed by atoms with Crippen LogP contribution in [0.15, 0.2) is 35.1 Å². The average Bonchev–Trinajstić information content (AvgIpc) is 3.02.